The van der Waals surface area contributed by atoms with Gasteiger partial charge in [0.1, 0.15) is 5.69 Å². The fourth-order valence-corrected chi connectivity index (χ4v) is 1.87. The fourth-order valence-electron chi connectivity index (χ4n) is 1.87. The molecule has 20 heavy (non-hydrogen) atoms. The van der Waals surface area contributed by atoms with E-state index in [-0.39, 0.29) is 17.3 Å². The SMILES string of the molecule is Cn1cnc(-c2oc(-c3ccccc3)nc2C(=O)O)c1. The summed E-state index contributed by atoms with van der Waals surface area (Å²) in [5.41, 5.74) is 1.03. The van der Waals surface area contributed by atoms with Gasteiger partial charge in [-0.25, -0.2) is 14.8 Å². The zero-order chi connectivity index (χ0) is 14.1. The molecule has 0 unspecified atom stereocenters. The van der Waals surface area contributed by atoms with Crippen LogP contribution in [0.15, 0.2) is 47.3 Å². The average Bonchev–Trinajstić information content (AvgIpc) is 3.05. The molecule has 2 aromatic heterocycles. The van der Waals surface area contributed by atoms with Crippen LogP contribution >= 0.6 is 0 Å². The molecule has 0 atom stereocenters. The van der Waals surface area contributed by atoms with Gasteiger partial charge in [0.05, 0.1) is 6.33 Å². The molecule has 0 saturated heterocycles. The number of carboxylic acids is 1. The fraction of sp³-hybridized carbons (Fsp3) is 0.0714. The minimum Gasteiger partial charge on any atom is -0.476 e. The summed E-state index contributed by atoms with van der Waals surface area (Å²) in [4.78, 5) is 19.4. The number of rotatable bonds is 3. The summed E-state index contributed by atoms with van der Waals surface area (Å²) in [6.45, 7) is 0. The van der Waals surface area contributed by atoms with Gasteiger partial charge < -0.3 is 14.1 Å². The maximum Gasteiger partial charge on any atom is 0.358 e. The number of aromatic nitrogens is 3. The second kappa shape index (κ2) is 4.65. The normalized spacial score (nSPS) is 10.7. The highest BCUT2D eigenvalue weighted by molar-refractivity contribution is 5.92. The summed E-state index contributed by atoms with van der Waals surface area (Å²) in [5.74, 6) is -0.711. The van der Waals surface area contributed by atoms with Crippen molar-refractivity contribution < 1.29 is 14.3 Å². The van der Waals surface area contributed by atoms with Crippen LogP contribution in [0, 0.1) is 0 Å². The second-order valence-electron chi connectivity index (χ2n) is 4.29. The first-order valence-electron chi connectivity index (χ1n) is 5.93. The lowest BCUT2D eigenvalue weighted by Crippen LogP contribution is -1.99. The van der Waals surface area contributed by atoms with Gasteiger partial charge in [0.25, 0.3) is 0 Å². The summed E-state index contributed by atoms with van der Waals surface area (Å²) in [6.07, 6.45) is 3.26. The zero-order valence-corrected chi connectivity index (χ0v) is 10.6. The van der Waals surface area contributed by atoms with Gasteiger partial charge in [-0.05, 0) is 12.1 Å². The van der Waals surface area contributed by atoms with Gasteiger partial charge in [0.2, 0.25) is 5.89 Å². The Balaban J connectivity index is 2.15. The molecule has 100 valence electrons. The summed E-state index contributed by atoms with van der Waals surface area (Å²) >= 11 is 0. The minimum atomic E-state index is -1.14. The van der Waals surface area contributed by atoms with Crippen molar-refractivity contribution in [3.8, 4) is 22.9 Å². The van der Waals surface area contributed by atoms with E-state index in [0.29, 0.717) is 5.69 Å². The molecular formula is C14H11N3O3. The Morgan fingerprint density at radius 1 is 1.30 bits per heavy atom. The molecule has 0 aliphatic heterocycles. The Kier molecular flexibility index (Phi) is 2.83. The molecule has 6 nitrogen and oxygen atoms in total. The molecule has 6 heteroatoms. The third-order valence-corrected chi connectivity index (χ3v) is 2.79. The highest BCUT2D eigenvalue weighted by Crippen LogP contribution is 2.28. The predicted octanol–water partition coefficient (Wildman–Crippen LogP) is 2.44. The summed E-state index contributed by atoms with van der Waals surface area (Å²) in [6, 6.07) is 9.14. The Morgan fingerprint density at radius 2 is 2.05 bits per heavy atom. The van der Waals surface area contributed by atoms with Crippen molar-refractivity contribution in [3.05, 3.63) is 48.5 Å². The predicted molar refractivity (Wildman–Crippen MR) is 71.1 cm³/mol. The van der Waals surface area contributed by atoms with E-state index in [4.69, 9.17) is 4.42 Å². The number of hydrogen-bond acceptors (Lipinski definition) is 4. The van der Waals surface area contributed by atoms with E-state index >= 15 is 0 Å². The van der Waals surface area contributed by atoms with Crippen molar-refractivity contribution in [1.82, 2.24) is 14.5 Å². The van der Waals surface area contributed by atoms with E-state index in [2.05, 4.69) is 9.97 Å². The van der Waals surface area contributed by atoms with Crippen LogP contribution in [0.2, 0.25) is 0 Å². The van der Waals surface area contributed by atoms with E-state index in [9.17, 15) is 9.90 Å². The van der Waals surface area contributed by atoms with E-state index in [1.807, 2.05) is 18.2 Å². The van der Waals surface area contributed by atoms with E-state index in [1.54, 1.807) is 36.3 Å². The molecule has 0 amide bonds. The van der Waals surface area contributed by atoms with Gasteiger partial charge in [-0.1, -0.05) is 18.2 Å². The smallest absolute Gasteiger partial charge is 0.358 e. The molecule has 3 rings (SSSR count). The number of carboxylic acid groups (broad SMARTS) is 1. The Labute approximate surface area is 114 Å². The van der Waals surface area contributed by atoms with Crippen LogP contribution in [0.5, 0.6) is 0 Å². The number of benzene rings is 1. The highest BCUT2D eigenvalue weighted by atomic mass is 16.4. The molecule has 1 aromatic carbocycles. The number of carbonyl (C=O) groups is 1. The van der Waals surface area contributed by atoms with Crippen molar-refractivity contribution in [2.24, 2.45) is 7.05 Å². The number of nitrogens with zero attached hydrogens (tertiary/aromatic N) is 3. The largest absolute Gasteiger partial charge is 0.476 e. The Bertz CT molecular complexity index is 759. The van der Waals surface area contributed by atoms with Crippen LogP contribution in [0.3, 0.4) is 0 Å². The maximum absolute atomic E-state index is 11.3. The van der Waals surface area contributed by atoms with Crippen LogP contribution in [-0.2, 0) is 7.05 Å². The summed E-state index contributed by atoms with van der Waals surface area (Å²) < 4.78 is 7.31. The van der Waals surface area contributed by atoms with E-state index in [0.717, 1.165) is 5.56 Å². The zero-order valence-electron chi connectivity index (χ0n) is 10.6. The first-order valence-corrected chi connectivity index (χ1v) is 5.93. The number of hydrogen-bond donors (Lipinski definition) is 1. The standard InChI is InChI=1S/C14H11N3O3/c1-17-7-10(15-8-17)12-11(14(18)19)16-13(20-12)9-5-3-2-4-6-9/h2-8H,1H3,(H,18,19). The number of imidazole rings is 1. The lowest BCUT2D eigenvalue weighted by Gasteiger charge is -1.93. The molecule has 0 aliphatic rings. The van der Waals surface area contributed by atoms with Gasteiger partial charge >= 0.3 is 5.97 Å². The van der Waals surface area contributed by atoms with Gasteiger partial charge in [-0.15, -0.1) is 0 Å². The van der Waals surface area contributed by atoms with Crippen LogP contribution in [0.4, 0.5) is 0 Å². The molecule has 2 heterocycles. The monoisotopic (exact) mass is 269 g/mol. The summed E-state index contributed by atoms with van der Waals surface area (Å²) in [7, 11) is 1.80. The van der Waals surface area contributed by atoms with Crippen LogP contribution < -0.4 is 0 Å². The van der Waals surface area contributed by atoms with Crippen molar-refractivity contribution in [1.29, 1.82) is 0 Å². The third-order valence-electron chi connectivity index (χ3n) is 2.79. The van der Waals surface area contributed by atoms with Crippen molar-refractivity contribution in [3.63, 3.8) is 0 Å². The molecule has 0 fully saturated rings. The Morgan fingerprint density at radius 3 is 2.65 bits per heavy atom. The van der Waals surface area contributed by atoms with Crippen LogP contribution in [0.1, 0.15) is 10.5 Å². The van der Waals surface area contributed by atoms with Crippen molar-refractivity contribution >= 4 is 5.97 Å². The van der Waals surface area contributed by atoms with Crippen LogP contribution in [-0.4, -0.2) is 25.6 Å². The Hall–Kier alpha value is -2.89. The molecule has 0 bridgehead atoms. The number of aromatic carboxylic acids is 1. The minimum absolute atomic E-state index is 0.137. The average molecular weight is 269 g/mol. The van der Waals surface area contributed by atoms with E-state index < -0.39 is 5.97 Å². The first kappa shape index (κ1) is 12.2. The molecule has 0 radical (unpaired) electrons. The van der Waals surface area contributed by atoms with Gasteiger partial charge in [-0.2, -0.15) is 0 Å². The van der Waals surface area contributed by atoms with Gasteiger partial charge in [0, 0.05) is 18.8 Å². The molecule has 0 saturated carbocycles. The topological polar surface area (TPSA) is 81.2 Å². The van der Waals surface area contributed by atoms with Crippen LogP contribution in [0.25, 0.3) is 22.9 Å². The number of oxazole rings is 1. The second-order valence-corrected chi connectivity index (χ2v) is 4.29. The van der Waals surface area contributed by atoms with Gasteiger partial charge in [0.15, 0.2) is 11.5 Å². The first-order chi connectivity index (χ1) is 9.65. The lowest BCUT2D eigenvalue weighted by atomic mass is 10.2. The third kappa shape index (κ3) is 2.07. The van der Waals surface area contributed by atoms with Gasteiger partial charge in [-0.3, -0.25) is 0 Å². The molecule has 1 N–H and O–H groups in total. The molecule has 0 aliphatic carbocycles. The lowest BCUT2D eigenvalue weighted by molar-refractivity contribution is 0.0691. The molecular weight excluding hydrogens is 258 g/mol. The quantitative estimate of drug-likeness (QED) is 0.789. The molecule has 0 spiro atoms. The highest BCUT2D eigenvalue weighted by Gasteiger charge is 2.23. The van der Waals surface area contributed by atoms with Crippen molar-refractivity contribution in [2.75, 3.05) is 0 Å². The van der Waals surface area contributed by atoms with Crippen molar-refractivity contribution in [2.45, 2.75) is 0 Å². The maximum atomic E-state index is 11.3. The number of aryl methyl sites for hydroxylation is 1. The summed E-state index contributed by atoms with van der Waals surface area (Å²) in [5, 5.41) is 9.24. The molecule has 3 aromatic rings. The van der Waals surface area contributed by atoms with E-state index in [1.165, 1.54) is 0 Å².